The molecular weight excluding hydrogens is 232 g/mol. The minimum Gasteiger partial charge on any atom is -0.321 e. The van der Waals surface area contributed by atoms with Crippen LogP contribution in [0.3, 0.4) is 0 Å². The van der Waals surface area contributed by atoms with Gasteiger partial charge >= 0.3 is 0 Å². The first-order valence-corrected chi connectivity index (χ1v) is 7.13. The minimum absolute atomic E-state index is 0.210. The molecule has 0 aliphatic heterocycles. The summed E-state index contributed by atoms with van der Waals surface area (Å²) >= 11 is 0. The molecule has 100 valence electrons. The van der Waals surface area contributed by atoms with Crippen LogP contribution in [0.25, 0.3) is 10.9 Å². The van der Waals surface area contributed by atoms with Crippen molar-refractivity contribution in [1.82, 2.24) is 4.98 Å². The largest absolute Gasteiger partial charge is 0.321 e. The Bertz CT molecular complexity index is 603. The van der Waals surface area contributed by atoms with Gasteiger partial charge in [-0.2, -0.15) is 0 Å². The van der Waals surface area contributed by atoms with Gasteiger partial charge in [-0.05, 0) is 42.4 Å². The van der Waals surface area contributed by atoms with Gasteiger partial charge in [0.2, 0.25) is 0 Å². The Hall–Kier alpha value is -1.41. The Morgan fingerprint density at radius 2 is 1.95 bits per heavy atom. The second kappa shape index (κ2) is 4.31. The maximum Gasteiger partial charge on any atom is 0.0702 e. The van der Waals surface area contributed by atoms with Gasteiger partial charge in [0.05, 0.1) is 5.52 Å². The van der Waals surface area contributed by atoms with E-state index in [0.717, 1.165) is 18.4 Å². The van der Waals surface area contributed by atoms with E-state index in [1.165, 1.54) is 23.8 Å². The van der Waals surface area contributed by atoms with E-state index in [1.807, 2.05) is 18.3 Å². The first kappa shape index (κ1) is 12.6. The number of hydrogen-bond donors (Lipinski definition) is 1. The highest BCUT2D eigenvalue weighted by atomic mass is 14.8. The summed E-state index contributed by atoms with van der Waals surface area (Å²) < 4.78 is 0. The van der Waals surface area contributed by atoms with Crippen LogP contribution < -0.4 is 5.73 Å². The first-order valence-electron chi connectivity index (χ1n) is 7.13. The SMILES string of the molecule is CC1(C)CCCC(N)(c2cnc3ccccc3c2)C1. The molecule has 0 saturated heterocycles. The number of rotatable bonds is 1. The van der Waals surface area contributed by atoms with Crippen LogP contribution in [-0.2, 0) is 5.54 Å². The summed E-state index contributed by atoms with van der Waals surface area (Å²) in [6.45, 7) is 4.64. The van der Waals surface area contributed by atoms with Crippen LogP contribution in [0.1, 0.15) is 45.1 Å². The molecule has 1 aromatic heterocycles. The fraction of sp³-hybridized carbons (Fsp3) is 0.471. The maximum atomic E-state index is 6.71. The predicted molar refractivity (Wildman–Crippen MR) is 79.9 cm³/mol. The lowest BCUT2D eigenvalue weighted by Gasteiger charge is -2.42. The molecule has 2 N–H and O–H groups in total. The van der Waals surface area contributed by atoms with Crippen LogP contribution in [0.15, 0.2) is 36.5 Å². The highest BCUT2D eigenvalue weighted by molar-refractivity contribution is 5.79. The van der Waals surface area contributed by atoms with E-state index in [2.05, 4.69) is 37.0 Å². The van der Waals surface area contributed by atoms with Gasteiger partial charge in [-0.25, -0.2) is 0 Å². The van der Waals surface area contributed by atoms with Gasteiger partial charge in [0.1, 0.15) is 0 Å². The van der Waals surface area contributed by atoms with Crippen LogP contribution in [-0.4, -0.2) is 4.98 Å². The van der Waals surface area contributed by atoms with Crippen LogP contribution in [0.4, 0.5) is 0 Å². The van der Waals surface area contributed by atoms with E-state index in [9.17, 15) is 0 Å². The van der Waals surface area contributed by atoms with Crippen LogP contribution in [0.5, 0.6) is 0 Å². The van der Waals surface area contributed by atoms with Gasteiger partial charge in [-0.3, -0.25) is 4.98 Å². The van der Waals surface area contributed by atoms with Crippen molar-refractivity contribution in [3.8, 4) is 0 Å². The number of pyridine rings is 1. The van der Waals surface area contributed by atoms with E-state index < -0.39 is 0 Å². The molecule has 0 spiro atoms. The third-order valence-corrected chi connectivity index (χ3v) is 4.44. The zero-order valence-corrected chi connectivity index (χ0v) is 11.8. The Morgan fingerprint density at radius 1 is 1.16 bits per heavy atom. The summed E-state index contributed by atoms with van der Waals surface area (Å²) in [4.78, 5) is 4.57. The van der Waals surface area contributed by atoms with Crippen molar-refractivity contribution in [3.63, 3.8) is 0 Å². The second-order valence-electron chi connectivity index (χ2n) is 6.77. The Labute approximate surface area is 115 Å². The lowest BCUT2D eigenvalue weighted by molar-refractivity contribution is 0.151. The Balaban J connectivity index is 2.03. The number of aromatic nitrogens is 1. The van der Waals surface area contributed by atoms with Gasteiger partial charge in [0, 0.05) is 17.1 Å². The zero-order valence-electron chi connectivity index (χ0n) is 11.8. The molecule has 1 saturated carbocycles. The molecule has 1 atom stereocenters. The monoisotopic (exact) mass is 254 g/mol. The molecule has 1 fully saturated rings. The predicted octanol–water partition coefficient (Wildman–Crippen LogP) is 3.99. The van der Waals surface area contributed by atoms with Crippen molar-refractivity contribution in [1.29, 1.82) is 0 Å². The molecule has 0 radical (unpaired) electrons. The van der Waals surface area contributed by atoms with Gasteiger partial charge in [-0.15, -0.1) is 0 Å². The molecule has 1 heterocycles. The third-order valence-electron chi connectivity index (χ3n) is 4.44. The zero-order chi connectivity index (χ0) is 13.5. The van der Waals surface area contributed by atoms with E-state index in [0.29, 0.717) is 5.41 Å². The molecule has 2 nitrogen and oxygen atoms in total. The van der Waals surface area contributed by atoms with Crippen LogP contribution in [0, 0.1) is 5.41 Å². The number of para-hydroxylation sites is 1. The smallest absolute Gasteiger partial charge is 0.0702 e. The normalized spacial score (nSPS) is 26.5. The Morgan fingerprint density at radius 3 is 2.74 bits per heavy atom. The van der Waals surface area contributed by atoms with E-state index in [-0.39, 0.29) is 5.54 Å². The summed E-state index contributed by atoms with van der Waals surface area (Å²) in [6.07, 6.45) is 6.56. The molecule has 2 heteroatoms. The van der Waals surface area contributed by atoms with Crippen molar-refractivity contribution in [3.05, 3.63) is 42.1 Å². The molecular formula is C17H22N2. The second-order valence-corrected chi connectivity index (χ2v) is 6.77. The lowest BCUT2D eigenvalue weighted by Crippen LogP contribution is -2.44. The van der Waals surface area contributed by atoms with Crippen molar-refractivity contribution < 1.29 is 0 Å². The van der Waals surface area contributed by atoms with Gasteiger partial charge in [0.25, 0.3) is 0 Å². The van der Waals surface area contributed by atoms with Crippen molar-refractivity contribution in [2.75, 3.05) is 0 Å². The van der Waals surface area contributed by atoms with Crippen molar-refractivity contribution in [2.24, 2.45) is 11.1 Å². The summed E-state index contributed by atoms with van der Waals surface area (Å²) in [5, 5.41) is 1.19. The number of nitrogens with two attached hydrogens (primary N) is 1. The number of fused-ring (bicyclic) bond motifs is 1. The van der Waals surface area contributed by atoms with Crippen molar-refractivity contribution >= 4 is 10.9 Å². The summed E-state index contributed by atoms with van der Waals surface area (Å²) in [6, 6.07) is 10.5. The summed E-state index contributed by atoms with van der Waals surface area (Å²) in [7, 11) is 0. The molecule has 1 aromatic carbocycles. The van der Waals surface area contributed by atoms with Crippen molar-refractivity contribution in [2.45, 2.75) is 45.1 Å². The quantitative estimate of drug-likeness (QED) is 0.835. The highest BCUT2D eigenvalue weighted by Crippen LogP contribution is 2.44. The van der Waals surface area contributed by atoms with Gasteiger partial charge in [-0.1, -0.05) is 38.5 Å². The standard InChI is InChI=1S/C17H22N2/c1-16(2)8-5-9-17(18,12-16)14-10-13-6-3-4-7-15(13)19-11-14/h3-4,6-7,10-11H,5,8-9,12,18H2,1-2H3. The average Bonchev–Trinajstić information content (AvgIpc) is 2.36. The average molecular weight is 254 g/mol. The lowest BCUT2D eigenvalue weighted by atomic mass is 9.66. The molecule has 0 bridgehead atoms. The molecule has 0 amide bonds. The number of hydrogen-bond acceptors (Lipinski definition) is 2. The van der Waals surface area contributed by atoms with E-state index >= 15 is 0 Å². The molecule has 2 aromatic rings. The third kappa shape index (κ3) is 2.37. The molecule has 1 aliphatic rings. The molecule has 1 unspecified atom stereocenters. The van der Waals surface area contributed by atoms with E-state index in [4.69, 9.17) is 5.73 Å². The highest BCUT2D eigenvalue weighted by Gasteiger charge is 2.38. The van der Waals surface area contributed by atoms with Crippen LogP contribution in [0.2, 0.25) is 0 Å². The summed E-state index contributed by atoms with van der Waals surface area (Å²) in [5.74, 6) is 0. The minimum atomic E-state index is -0.210. The number of nitrogens with zero attached hydrogens (tertiary/aromatic N) is 1. The molecule has 1 aliphatic carbocycles. The van der Waals surface area contributed by atoms with Crippen LogP contribution >= 0.6 is 0 Å². The molecule has 3 rings (SSSR count). The molecule has 19 heavy (non-hydrogen) atoms. The maximum absolute atomic E-state index is 6.71. The Kier molecular flexibility index (Phi) is 2.86. The first-order chi connectivity index (χ1) is 8.99. The number of benzene rings is 1. The van der Waals surface area contributed by atoms with E-state index in [1.54, 1.807) is 0 Å². The van der Waals surface area contributed by atoms with Gasteiger partial charge < -0.3 is 5.73 Å². The van der Waals surface area contributed by atoms with Gasteiger partial charge in [0.15, 0.2) is 0 Å². The fourth-order valence-corrected chi connectivity index (χ4v) is 3.50. The topological polar surface area (TPSA) is 38.9 Å². The summed E-state index contributed by atoms with van der Waals surface area (Å²) in [5.41, 5.74) is 9.07. The fourth-order valence-electron chi connectivity index (χ4n) is 3.50.